The molecule has 108 valence electrons. The quantitative estimate of drug-likeness (QED) is 0.738. The molecule has 1 aliphatic rings. The molecule has 8 heteroatoms. The van der Waals surface area contributed by atoms with Crippen molar-refractivity contribution in [1.29, 1.82) is 0 Å². The van der Waals surface area contributed by atoms with E-state index in [2.05, 4.69) is 14.5 Å². The van der Waals surface area contributed by atoms with Crippen LogP contribution < -0.4 is 0 Å². The molecule has 0 spiro atoms. The first-order chi connectivity index (χ1) is 8.63. The number of halogens is 3. The summed E-state index contributed by atoms with van der Waals surface area (Å²) >= 11 is 0. The second-order valence-electron chi connectivity index (χ2n) is 4.40. The molecule has 1 atom stereocenters. The predicted octanol–water partition coefficient (Wildman–Crippen LogP) is 1.85. The predicted molar refractivity (Wildman–Crippen MR) is 58.4 cm³/mol. The first-order valence-electron chi connectivity index (χ1n) is 5.59. The molecule has 1 rings (SSSR count). The van der Waals surface area contributed by atoms with Gasteiger partial charge in [-0.2, -0.15) is 13.2 Å². The number of hydrogen-bond donors (Lipinski definition) is 0. The molecule has 0 aromatic heterocycles. The minimum Gasteiger partial charge on any atom is -0.469 e. The Morgan fingerprint density at radius 1 is 1.47 bits per heavy atom. The molecular weight excluding hydrogens is 267 g/mol. The molecule has 0 aromatic rings. The van der Waals surface area contributed by atoms with Crippen molar-refractivity contribution in [3.05, 3.63) is 0 Å². The molecule has 5 nitrogen and oxygen atoms in total. The Labute approximate surface area is 107 Å². The molecule has 0 amide bonds. The molecule has 0 bridgehead atoms. The summed E-state index contributed by atoms with van der Waals surface area (Å²) < 4.78 is 47.8. The molecule has 0 aromatic carbocycles. The Kier molecular flexibility index (Phi) is 4.21. The van der Waals surface area contributed by atoms with Crippen LogP contribution in [0.25, 0.3) is 0 Å². The number of carbonyl (C=O) groups is 2. The molecule has 0 unspecified atom stereocenters. The van der Waals surface area contributed by atoms with Crippen molar-refractivity contribution in [1.82, 2.24) is 0 Å². The van der Waals surface area contributed by atoms with Gasteiger partial charge in [-0.25, -0.2) is 9.79 Å². The molecule has 0 radical (unpaired) electrons. The fourth-order valence-corrected chi connectivity index (χ4v) is 1.58. The Bertz CT molecular complexity index is 417. The number of cyclic esters (lactones) is 1. The van der Waals surface area contributed by atoms with Crippen LogP contribution in [-0.2, 0) is 19.1 Å². The third-order valence-electron chi connectivity index (χ3n) is 2.66. The Morgan fingerprint density at radius 2 is 2.05 bits per heavy atom. The van der Waals surface area contributed by atoms with E-state index in [4.69, 9.17) is 0 Å². The van der Waals surface area contributed by atoms with Crippen LogP contribution in [0.3, 0.4) is 0 Å². The average Bonchev–Trinajstić information content (AvgIpc) is 2.64. The highest BCUT2D eigenvalue weighted by Crippen LogP contribution is 2.42. The Morgan fingerprint density at radius 3 is 2.42 bits per heavy atom. The summed E-state index contributed by atoms with van der Waals surface area (Å²) in [6.07, 6.45) is -6.21. The van der Waals surface area contributed by atoms with Crippen molar-refractivity contribution in [2.24, 2.45) is 10.9 Å². The van der Waals surface area contributed by atoms with Crippen LogP contribution in [0, 0.1) is 5.92 Å². The van der Waals surface area contributed by atoms with Crippen LogP contribution in [0.15, 0.2) is 4.99 Å². The third kappa shape index (κ3) is 3.05. The topological polar surface area (TPSA) is 65.0 Å². The highest BCUT2D eigenvalue weighted by atomic mass is 19.4. The van der Waals surface area contributed by atoms with E-state index in [9.17, 15) is 22.8 Å². The zero-order chi connectivity index (χ0) is 14.8. The lowest BCUT2D eigenvalue weighted by molar-refractivity contribution is -0.262. The van der Waals surface area contributed by atoms with Crippen molar-refractivity contribution in [3.8, 4) is 0 Å². The fraction of sp³-hybridized carbons (Fsp3) is 0.727. The number of nitrogens with zero attached hydrogens (tertiary/aromatic N) is 1. The van der Waals surface area contributed by atoms with E-state index < -0.39 is 42.6 Å². The molecular formula is C11H14F3NO4. The minimum absolute atomic E-state index is 0.276. The summed E-state index contributed by atoms with van der Waals surface area (Å²) in [4.78, 5) is 25.8. The summed E-state index contributed by atoms with van der Waals surface area (Å²) in [5.74, 6) is -2.42. The van der Waals surface area contributed by atoms with Crippen LogP contribution in [0.2, 0.25) is 0 Å². The summed E-state index contributed by atoms with van der Waals surface area (Å²) in [6.45, 7) is 3.07. The van der Waals surface area contributed by atoms with Crippen molar-refractivity contribution in [2.75, 3.05) is 7.11 Å². The molecule has 1 aliphatic heterocycles. The lowest BCUT2D eigenvalue weighted by atomic mass is 10.1. The monoisotopic (exact) mass is 281 g/mol. The number of hydrogen-bond acceptors (Lipinski definition) is 5. The van der Waals surface area contributed by atoms with E-state index in [0.29, 0.717) is 0 Å². The van der Waals surface area contributed by atoms with Gasteiger partial charge in [0.25, 0.3) is 5.72 Å². The van der Waals surface area contributed by atoms with Gasteiger partial charge in [0.1, 0.15) is 5.71 Å². The van der Waals surface area contributed by atoms with Gasteiger partial charge in [-0.05, 0) is 0 Å². The maximum absolute atomic E-state index is 13.0. The van der Waals surface area contributed by atoms with Gasteiger partial charge in [-0.3, -0.25) is 4.79 Å². The number of esters is 2. The van der Waals surface area contributed by atoms with Crippen LogP contribution in [-0.4, -0.2) is 36.7 Å². The molecule has 0 N–H and O–H groups in total. The van der Waals surface area contributed by atoms with Gasteiger partial charge in [-0.1, -0.05) is 13.8 Å². The molecule has 0 aliphatic carbocycles. The lowest BCUT2D eigenvalue weighted by Gasteiger charge is -2.26. The number of rotatable bonds is 4. The second kappa shape index (κ2) is 5.18. The van der Waals surface area contributed by atoms with Gasteiger partial charge < -0.3 is 9.47 Å². The van der Waals surface area contributed by atoms with Crippen molar-refractivity contribution in [2.45, 2.75) is 38.6 Å². The highest BCUT2D eigenvalue weighted by molar-refractivity contribution is 6.38. The number of ether oxygens (including phenoxy) is 2. The van der Waals surface area contributed by atoms with Crippen molar-refractivity contribution in [3.63, 3.8) is 0 Å². The zero-order valence-corrected chi connectivity index (χ0v) is 10.7. The normalized spacial score (nSPS) is 23.3. The SMILES string of the molecule is COC(=O)CC[C@]1(C(F)(F)F)N=C(C(C)C)C(=O)O1. The van der Waals surface area contributed by atoms with E-state index in [0.717, 1.165) is 7.11 Å². The summed E-state index contributed by atoms with van der Waals surface area (Å²) in [7, 11) is 1.06. The van der Waals surface area contributed by atoms with Crippen molar-refractivity contribution < 1.29 is 32.2 Å². The molecule has 19 heavy (non-hydrogen) atoms. The van der Waals surface area contributed by atoms with Gasteiger partial charge in [0, 0.05) is 12.3 Å². The fourth-order valence-electron chi connectivity index (χ4n) is 1.58. The van der Waals surface area contributed by atoms with Crippen LogP contribution in [0.5, 0.6) is 0 Å². The lowest BCUT2D eigenvalue weighted by Crippen LogP contribution is -2.44. The van der Waals surface area contributed by atoms with Gasteiger partial charge in [-0.15, -0.1) is 0 Å². The summed E-state index contributed by atoms with van der Waals surface area (Å²) in [5, 5.41) is 0. The maximum Gasteiger partial charge on any atom is 0.450 e. The largest absolute Gasteiger partial charge is 0.469 e. The van der Waals surface area contributed by atoms with Crippen LogP contribution >= 0.6 is 0 Å². The van der Waals surface area contributed by atoms with Crippen molar-refractivity contribution >= 4 is 17.7 Å². The molecule has 1 heterocycles. The Hall–Kier alpha value is -1.60. The van der Waals surface area contributed by atoms with Crippen LogP contribution in [0.1, 0.15) is 26.7 Å². The summed E-state index contributed by atoms with van der Waals surface area (Å²) in [5.41, 5.74) is -3.25. The molecule has 0 saturated carbocycles. The minimum atomic E-state index is -4.88. The number of alkyl halides is 3. The average molecular weight is 281 g/mol. The maximum atomic E-state index is 13.0. The van der Waals surface area contributed by atoms with Gasteiger partial charge in [0.05, 0.1) is 13.5 Å². The number of methoxy groups -OCH3 is 1. The second-order valence-corrected chi connectivity index (χ2v) is 4.40. The number of carbonyl (C=O) groups excluding carboxylic acids is 2. The van der Waals surface area contributed by atoms with E-state index in [1.165, 1.54) is 13.8 Å². The van der Waals surface area contributed by atoms with E-state index in [-0.39, 0.29) is 5.71 Å². The summed E-state index contributed by atoms with van der Waals surface area (Å²) in [6, 6.07) is 0. The van der Waals surface area contributed by atoms with Gasteiger partial charge in [0.15, 0.2) is 0 Å². The van der Waals surface area contributed by atoms with Gasteiger partial charge in [0.2, 0.25) is 0 Å². The first-order valence-corrected chi connectivity index (χ1v) is 5.59. The van der Waals surface area contributed by atoms with E-state index >= 15 is 0 Å². The third-order valence-corrected chi connectivity index (χ3v) is 2.66. The van der Waals surface area contributed by atoms with Gasteiger partial charge >= 0.3 is 18.1 Å². The van der Waals surface area contributed by atoms with Crippen LogP contribution in [0.4, 0.5) is 13.2 Å². The molecule has 0 saturated heterocycles. The van der Waals surface area contributed by atoms with E-state index in [1.54, 1.807) is 0 Å². The zero-order valence-electron chi connectivity index (χ0n) is 10.7. The standard InChI is InChI=1S/C11H14F3NO4/c1-6(2)8-9(17)19-10(15-8,11(12,13)14)5-4-7(16)18-3/h6H,4-5H2,1-3H3/t10-/m0/s1. The van der Waals surface area contributed by atoms with E-state index in [1.807, 2.05) is 0 Å². The smallest absolute Gasteiger partial charge is 0.450 e. The molecule has 0 fully saturated rings. The Balaban J connectivity index is 3.04. The number of aliphatic imine (C=N–C) groups is 1. The first kappa shape index (κ1) is 15.5. The highest BCUT2D eigenvalue weighted by Gasteiger charge is 2.62.